The average molecular weight is 851 g/mol. The number of carboxylic acid groups (broad SMARTS) is 3. The fraction of sp³-hybridized carbons (Fsp3) is 0.366. The molecule has 3 aromatic carbocycles. The minimum atomic E-state index is -1.88. The van der Waals surface area contributed by atoms with Crippen LogP contribution in [0.5, 0.6) is 17.2 Å². The van der Waals surface area contributed by atoms with Crippen LogP contribution in [0.4, 0.5) is 0 Å². The summed E-state index contributed by atoms with van der Waals surface area (Å²) < 4.78 is 0. The van der Waals surface area contributed by atoms with Gasteiger partial charge >= 0.3 is 17.9 Å². The molecule has 5 amide bonds. The summed E-state index contributed by atoms with van der Waals surface area (Å²) in [7, 11) is 0. The molecule has 0 saturated heterocycles. The zero-order valence-corrected chi connectivity index (χ0v) is 33.2. The molecule has 3 rings (SSSR count). The standard InChI is InChI=1S/C41H50N6O14/c1-21(2)15-29(44-39(58)31(19-34(51)52)43-36(55)28(42)16-22-3-9-25(48)10-4-22)37(56)46-32(20-35(53)54)40(59)45-30(17-23-5-11-26(49)12-6-23)38(57)47-33(41(60)61)18-24-7-13-27(50)14-8-24/h3-14,21,28-33,48-50H,15-20,42H2,1-2H3,(H,43,55)(H,44,58)(H,45,59)(H,46,56)(H,47,57)(H,51,52)(H,53,54)(H,60,61)/t28-,29-,30-,31-,32-,33-/m0/s1. The van der Waals surface area contributed by atoms with E-state index < -0.39 is 96.5 Å². The van der Waals surface area contributed by atoms with Gasteiger partial charge in [-0.15, -0.1) is 0 Å². The predicted octanol–water partition coefficient (Wildman–Crippen LogP) is -0.337. The molecule has 13 N–H and O–H groups in total. The van der Waals surface area contributed by atoms with Gasteiger partial charge in [-0.3, -0.25) is 33.6 Å². The second-order valence-electron chi connectivity index (χ2n) is 14.7. The van der Waals surface area contributed by atoms with Crippen LogP contribution in [0.3, 0.4) is 0 Å². The maximum absolute atomic E-state index is 13.8. The highest BCUT2D eigenvalue weighted by atomic mass is 16.4. The molecule has 0 aromatic heterocycles. The maximum Gasteiger partial charge on any atom is 0.326 e. The number of hydrogen-bond donors (Lipinski definition) is 12. The van der Waals surface area contributed by atoms with Gasteiger partial charge in [-0.1, -0.05) is 50.2 Å². The summed E-state index contributed by atoms with van der Waals surface area (Å²) in [5, 5.41) is 69.6. The van der Waals surface area contributed by atoms with Gasteiger partial charge < -0.3 is 63.0 Å². The molecule has 0 unspecified atom stereocenters. The highest BCUT2D eigenvalue weighted by molar-refractivity contribution is 5.98. The molecule has 61 heavy (non-hydrogen) atoms. The third-order valence-corrected chi connectivity index (χ3v) is 9.09. The number of carbonyl (C=O) groups is 8. The monoisotopic (exact) mass is 850 g/mol. The van der Waals surface area contributed by atoms with E-state index in [4.69, 9.17) is 5.73 Å². The van der Waals surface area contributed by atoms with Crippen molar-refractivity contribution >= 4 is 47.4 Å². The Morgan fingerprint density at radius 2 is 0.770 bits per heavy atom. The number of benzene rings is 3. The van der Waals surface area contributed by atoms with Crippen LogP contribution in [0.15, 0.2) is 72.8 Å². The van der Waals surface area contributed by atoms with Gasteiger partial charge in [0, 0.05) is 12.8 Å². The average Bonchev–Trinajstić information content (AvgIpc) is 3.18. The van der Waals surface area contributed by atoms with Crippen molar-refractivity contribution in [3.05, 3.63) is 89.5 Å². The van der Waals surface area contributed by atoms with E-state index in [0.717, 1.165) is 0 Å². The minimum absolute atomic E-state index is 0.0259. The first-order valence-electron chi connectivity index (χ1n) is 19.0. The zero-order chi connectivity index (χ0) is 45.4. The summed E-state index contributed by atoms with van der Waals surface area (Å²) in [5.74, 6) is -10.3. The van der Waals surface area contributed by atoms with Crippen LogP contribution < -0.4 is 32.3 Å². The Hall–Kier alpha value is -7.22. The van der Waals surface area contributed by atoms with Crippen LogP contribution in [0.2, 0.25) is 0 Å². The Morgan fingerprint density at radius 3 is 1.16 bits per heavy atom. The number of nitrogens with two attached hydrogens (primary N) is 1. The zero-order valence-electron chi connectivity index (χ0n) is 33.2. The van der Waals surface area contributed by atoms with Gasteiger partial charge in [-0.25, -0.2) is 4.79 Å². The molecule has 0 fully saturated rings. The van der Waals surface area contributed by atoms with Gasteiger partial charge in [0.15, 0.2) is 0 Å². The van der Waals surface area contributed by atoms with Crippen molar-refractivity contribution in [3.8, 4) is 17.2 Å². The molecule has 0 aliphatic heterocycles. The molecule has 6 atom stereocenters. The Kier molecular flexibility index (Phi) is 18.0. The predicted molar refractivity (Wildman–Crippen MR) is 215 cm³/mol. The lowest BCUT2D eigenvalue weighted by Gasteiger charge is -2.27. The van der Waals surface area contributed by atoms with Crippen molar-refractivity contribution in [2.24, 2.45) is 11.7 Å². The fourth-order valence-electron chi connectivity index (χ4n) is 5.96. The van der Waals surface area contributed by atoms with E-state index in [9.17, 15) is 69.0 Å². The molecule has 20 nitrogen and oxygen atoms in total. The van der Waals surface area contributed by atoms with Gasteiger partial charge in [-0.05, 0) is 71.8 Å². The molecule has 3 aromatic rings. The molecule has 0 aliphatic rings. The number of phenols is 3. The summed E-state index contributed by atoms with van der Waals surface area (Å²) in [6.07, 6.45) is -2.63. The lowest BCUT2D eigenvalue weighted by Crippen LogP contribution is -2.60. The number of phenolic OH excluding ortho intramolecular Hbond substituents is 3. The number of rotatable bonds is 23. The van der Waals surface area contributed by atoms with E-state index >= 15 is 0 Å². The van der Waals surface area contributed by atoms with Crippen LogP contribution in [0, 0.1) is 5.92 Å². The number of amides is 5. The number of aromatic hydroxyl groups is 3. The third kappa shape index (κ3) is 16.5. The van der Waals surface area contributed by atoms with E-state index in [1.165, 1.54) is 72.8 Å². The maximum atomic E-state index is 13.8. The summed E-state index contributed by atoms with van der Waals surface area (Å²) in [6.45, 7) is 3.34. The topological polar surface area (TPSA) is 344 Å². The van der Waals surface area contributed by atoms with Gasteiger partial charge in [0.05, 0.1) is 18.9 Å². The van der Waals surface area contributed by atoms with Gasteiger partial charge in [-0.2, -0.15) is 0 Å². The van der Waals surface area contributed by atoms with Crippen LogP contribution in [0.1, 0.15) is 49.8 Å². The second kappa shape index (κ2) is 22.8. The van der Waals surface area contributed by atoms with Crippen LogP contribution in [0.25, 0.3) is 0 Å². The second-order valence-corrected chi connectivity index (χ2v) is 14.7. The lowest BCUT2D eigenvalue weighted by molar-refractivity contribution is -0.143. The van der Waals surface area contributed by atoms with Gasteiger partial charge in [0.1, 0.15) is 47.5 Å². The molecule has 20 heteroatoms. The van der Waals surface area contributed by atoms with Crippen LogP contribution >= 0.6 is 0 Å². The molecular weight excluding hydrogens is 800 g/mol. The number of aliphatic carboxylic acids is 3. The SMILES string of the molecule is CC(C)C[C@H](NC(=O)[C@H](CC(=O)O)NC(=O)[C@@H](N)Cc1ccc(O)cc1)C(=O)N[C@@H](CC(=O)O)C(=O)N[C@@H](Cc1ccc(O)cc1)C(=O)N[C@@H](Cc1ccc(O)cc1)C(=O)O. The Bertz CT molecular complexity index is 2030. The van der Waals surface area contributed by atoms with Crippen LogP contribution in [-0.4, -0.2) is 114 Å². The molecule has 0 spiro atoms. The van der Waals surface area contributed by atoms with E-state index in [1.807, 2.05) is 0 Å². The molecule has 0 bridgehead atoms. The van der Waals surface area contributed by atoms with Crippen molar-refractivity contribution in [3.63, 3.8) is 0 Å². The number of carbonyl (C=O) groups excluding carboxylic acids is 5. The van der Waals surface area contributed by atoms with Crippen molar-refractivity contribution in [1.82, 2.24) is 26.6 Å². The Balaban J connectivity index is 1.83. The Morgan fingerprint density at radius 1 is 0.459 bits per heavy atom. The highest BCUT2D eigenvalue weighted by Crippen LogP contribution is 2.15. The van der Waals surface area contributed by atoms with Crippen molar-refractivity contribution < 1.29 is 69.0 Å². The first-order chi connectivity index (χ1) is 28.7. The lowest BCUT2D eigenvalue weighted by atomic mass is 10.0. The molecule has 0 saturated carbocycles. The number of hydrogen-bond acceptors (Lipinski definition) is 12. The van der Waals surface area contributed by atoms with E-state index in [-0.39, 0.29) is 48.8 Å². The number of carboxylic acids is 3. The van der Waals surface area contributed by atoms with Crippen molar-refractivity contribution in [2.45, 2.75) is 88.6 Å². The smallest absolute Gasteiger partial charge is 0.326 e. The summed E-state index contributed by atoms with van der Waals surface area (Å²) in [6, 6.07) is 7.25. The first-order valence-corrected chi connectivity index (χ1v) is 19.0. The van der Waals surface area contributed by atoms with Gasteiger partial charge in [0.25, 0.3) is 0 Å². The first kappa shape index (κ1) is 48.2. The quantitative estimate of drug-likeness (QED) is 0.0581. The summed E-state index contributed by atoms with van der Waals surface area (Å²) in [5.41, 5.74) is 7.37. The minimum Gasteiger partial charge on any atom is -0.508 e. The highest BCUT2D eigenvalue weighted by Gasteiger charge is 2.35. The van der Waals surface area contributed by atoms with Gasteiger partial charge in [0.2, 0.25) is 29.5 Å². The Labute approximate surface area is 349 Å². The molecular formula is C41H50N6O14. The molecule has 0 radical (unpaired) electrons. The molecule has 0 heterocycles. The normalized spacial score (nSPS) is 13.9. The molecule has 0 aliphatic carbocycles. The third-order valence-electron chi connectivity index (χ3n) is 9.09. The van der Waals surface area contributed by atoms with E-state index in [0.29, 0.717) is 16.7 Å². The summed E-state index contributed by atoms with van der Waals surface area (Å²) >= 11 is 0. The van der Waals surface area contributed by atoms with Crippen molar-refractivity contribution in [2.75, 3.05) is 0 Å². The summed E-state index contributed by atoms with van der Waals surface area (Å²) in [4.78, 5) is 103. The largest absolute Gasteiger partial charge is 0.508 e. The van der Waals surface area contributed by atoms with Crippen molar-refractivity contribution in [1.29, 1.82) is 0 Å². The van der Waals surface area contributed by atoms with E-state index in [2.05, 4.69) is 26.6 Å². The fourth-order valence-corrected chi connectivity index (χ4v) is 5.96. The van der Waals surface area contributed by atoms with E-state index in [1.54, 1.807) is 13.8 Å². The van der Waals surface area contributed by atoms with Crippen LogP contribution in [-0.2, 0) is 57.6 Å². The molecule has 328 valence electrons. The number of nitrogens with one attached hydrogen (secondary N) is 5.